The van der Waals surface area contributed by atoms with Crippen molar-refractivity contribution in [3.8, 4) is 33.4 Å². The summed E-state index contributed by atoms with van der Waals surface area (Å²) in [6, 6.07) is 61.9. The number of fused-ring (bicyclic) bond motifs is 11. The van der Waals surface area contributed by atoms with Crippen LogP contribution >= 0.6 is 11.3 Å². The highest BCUT2D eigenvalue weighted by Gasteiger charge is 2.20. The molecule has 0 saturated carbocycles. The second-order valence-corrected chi connectivity index (χ2v) is 14.2. The lowest BCUT2D eigenvalue weighted by atomic mass is 9.85. The topological polar surface area (TPSA) is 13.1 Å². The van der Waals surface area contributed by atoms with E-state index >= 15 is 0 Å². The van der Waals surface area contributed by atoms with Gasteiger partial charge in [-0.15, -0.1) is 11.3 Å². The van der Waals surface area contributed by atoms with E-state index in [-0.39, 0.29) is 0 Å². The third-order valence-electron chi connectivity index (χ3n) is 10.4. The molecule has 50 heavy (non-hydrogen) atoms. The number of benzene rings is 9. The first-order valence-corrected chi connectivity index (χ1v) is 17.9. The quantitative estimate of drug-likeness (QED) is 0.173. The standard InChI is InChI=1S/C48H28OS/c1-2-13-29(14-3-1)44-33-18-5-7-20-35(33)45(36-21-8-6-19-34(36)44)31-16-12-15-30(27-31)40-28-41-38-25-26-43-46(39-23-10-11-24-42(39)49-43)48(38)50-47(41)37-22-9-4-17-32(37)40/h1-28H. The zero-order chi connectivity index (χ0) is 32.8. The van der Waals surface area contributed by atoms with E-state index < -0.39 is 0 Å². The summed E-state index contributed by atoms with van der Waals surface area (Å²) in [5.41, 5.74) is 9.38. The number of furan rings is 1. The van der Waals surface area contributed by atoms with Gasteiger partial charge in [-0.2, -0.15) is 0 Å². The van der Waals surface area contributed by atoms with Gasteiger partial charge in [0.05, 0.1) is 0 Å². The first-order chi connectivity index (χ1) is 24.8. The third kappa shape index (κ3) is 3.94. The predicted octanol–water partition coefficient (Wildman–Crippen LogP) is 14.4. The van der Waals surface area contributed by atoms with Gasteiger partial charge in [-0.25, -0.2) is 0 Å². The Hall–Kier alpha value is -6.22. The van der Waals surface area contributed by atoms with Gasteiger partial charge in [-0.3, -0.25) is 0 Å². The largest absolute Gasteiger partial charge is 0.456 e. The smallest absolute Gasteiger partial charge is 0.136 e. The fraction of sp³-hybridized carbons (Fsp3) is 0. The predicted molar refractivity (Wildman–Crippen MR) is 215 cm³/mol. The van der Waals surface area contributed by atoms with Crippen molar-refractivity contribution in [1.29, 1.82) is 0 Å². The molecule has 0 aliphatic rings. The summed E-state index contributed by atoms with van der Waals surface area (Å²) >= 11 is 1.89. The van der Waals surface area contributed by atoms with Crippen LogP contribution in [0.3, 0.4) is 0 Å². The molecule has 0 atom stereocenters. The SMILES string of the molecule is c1ccc(-c2c3ccccc3c(-c3cccc(-c4cc5c6ccc7oc8ccccc8c7c6sc5c5ccccc45)c3)c3ccccc23)cc1. The zero-order valence-corrected chi connectivity index (χ0v) is 27.8. The number of rotatable bonds is 3. The average molecular weight is 653 g/mol. The van der Waals surface area contributed by atoms with Crippen molar-refractivity contribution in [2.75, 3.05) is 0 Å². The minimum Gasteiger partial charge on any atom is -0.456 e. The fourth-order valence-electron chi connectivity index (χ4n) is 8.30. The lowest BCUT2D eigenvalue weighted by molar-refractivity contribution is 0.669. The van der Waals surface area contributed by atoms with Gasteiger partial charge in [0.2, 0.25) is 0 Å². The van der Waals surface area contributed by atoms with Crippen LogP contribution in [0.5, 0.6) is 0 Å². The molecule has 11 aromatic rings. The van der Waals surface area contributed by atoms with E-state index in [1.165, 1.54) is 96.6 Å². The Kier molecular flexibility index (Phi) is 5.89. The Balaban J connectivity index is 1.19. The van der Waals surface area contributed by atoms with Crippen LogP contribution in [0.4, 0.5) is 0 Å². The molecule has 2 heterocycles. The van der Waals surface area contributed by atoms with Crippen molar-refractivity contribution >= 4 is 85.8 Å². The van der Waals surface area contributed by atoms with Crippen LogP contribution in [0.2, 0.25) is 0 Å². The van der Waals surface area contributed by atoms with Crippen LogP contribution in [0.1, 0.15) is 0 Å². The Bertz CT molecular complexity index is 3090. The third-order valence-corrected chi connectivity index (χ3v) is 11.7. The molecule has 0 saturated heterocycles. The minimum atomic E-state index is 0.937. The molecule has 0 spiro atoms. The van der Waals surface area contributed by atoms with E-state index in [4.69, 9.17) is 4.42 Å². The molecule has 232 valence electrons. The maximum Gasteiger partial charge on any atom is 0.136 e. The fourth-order valence-corrected chi connectivity index (χ4v) is 9.67. The Morgan fingerprint density at radius 1 is 0.320 bits per heavy atom. The van der Waals surface area contributed by atoms with Gasteiger partial charge in [0, 0.05) is 36.3 Å². The first kappa shape index (κ1) is 27.7. The minimum absolute atomic E-state index is 0.937. The molecule has 2 heteroatoms. The second kappa shape index (κ2) is 10.6. The molecule has 0 amide bonds. The Morgan fingerprint density at radius 2 is 0.860 bits per heavy atom. The van der Waals surface area contributed by atoms with Crippen LogP contribution < -0.4 is 0 Å². The van der Waals surface area contributed by atoms with E-state index in [1.807, 2.05) is 17.4 Å². The molecule has 0 N–H and O–H groups in total. The van der Waals surface area contributed by atoms with Crippen molar-refractivity contribution < 1.29 is 4.42 Å². The van der Waals surface area contributed by atoms with E-state index in [0.717, 1.165) is 11.2 Å². The number of para-hydroxylation sites is 1. The molecule has 0 aliphatic heterocycles. The molecule has 0 fully saturated rings. The molecular weight excluding hydrogens is 625 g/mol. The van der Waals surface area contributed by atoms with Crippen molar-refractivity contribution in [2.45, 2.75) is 0 Å². The molecule has 0 aliphatic carbocycles. The first-order valence-electron chi connectivity index (χ1n) is 17.1. The maximum absolute atomic E-state index is 6.29. The number of hydrogen-bond acceptors (Lipinski definition) is 2. The maximum atomic E-state index is 6.29. The van der Waals surface area contributed by atoms with Crippen molar-refractivity contribution in [1.82, 2.24) is 0 Å². The van der Waals surface area contributed by atoms with Crippen LogP contribution in [0.15, 0.2) is 174 Å². The molecule has 0 radical (unpaired) electrons. The summed E-state index contributed by atoms with van der Waals surface area (Å²) in [6.45, 7) is 0. The Morgan fingerprint density at radius 3 is 1.58 bits per heavy atom. The summed E-state index contributed by atoms with van der Waals surface area (Å²) in [5, 5.41) is 12.6. The van der Waals surface area contributed by atoms with Crippen LogP contribution in [0, 0.1) is 0 Å². The van der Waals surface area contributed by atoms with Crippen molar-refractivity contribution in [3.63, 3.8) is 0 Å². The van der Waals surface area contributed by atoms with Gasteiger partial charge in [0.1, 0.15) is 11.2 Å². The molecule has 1 nitrogen and oxygen atoms in total. The van der Waals surface area contributed by atoms with Gasteiger partial charge in [-0.05, 0) is 90.6 Å². The van der Waals surface area contributed by atoms with Crippen LogP contribution in [-0.2, 0) is 0 Å². The van der Waals surface area contributed by atoms with Gasteiger partial charge < -0.3 is 4.42 Å². The summed E-state index contributed by atoms with van der Waals surface area (Å²) in [5.74, 6) is 0. The van der Waals surface area contributed by atoms with E-state index in [2.05, 4.69) is 164 Å². The van der Waals surface area contributed by atoms with Gasteiger partial charge >= 0.3 is 0 Å². The average Bonchev–Trinajstić information content (AvgIpc) is 3.75. The summed E-state index contributed by atoms with van der Waals surface area (Å²) < 4.78 is 8.90. The zero-order valence-electron chi connectivity index (χ0n) is 27.0. The monoisotopic (exact) mass is 652 g/mol. The molecule has 2 aromatic heterocycles. The molecule has 9 aromatic carbocycles. The van der Waals surface area contributed by atoms with E-state index in [0.29, 0.717) is 0 Å². The highest BCUT2D eigenvalue weighted by molar-refractivity contribution is 7.27. The lowest BCUT2D eigenvalue weighted by Gasteiger charge is -2.18. The molecule has 0 unspecified atom stereocenters. The molecule has 11 rings (SSSR count). The highest BCUT2D eigenvalue weighted by atomic mass is 32.1. The molecule has 0 bridgehead atoms. The van der Waals surface area contributed by atoms with Crippen molar-refractivity contribution in [2.24, 2.45) is 0 Å². The number of thiophene rings is 1. The summed E-state index contributed by atoms with van der Waals surface area (Å²) in [6.07, 6.45) is 0. The summed E-state index contributed by atoms with van der Waals surface area (Å²) in [7, 11) is 0. The second-order valence-electron chi connectivity index (χ2n) is 13.2. The van der Waals surface area contributed by atoms with E-state index in [9.17, 15) is 0 Å². The highest BCUT2D eigenvalue weighted by Crippen LogP contribution is 2.48. The van der Waals surface area contributed by atoms with Crippen molar-refractivity contribution in [3.05, 3.63) is 170 Å². The molecular formula is C48H28OS. The lowest BCUT2D eigenvalue weighted by Crippen LogP contribution is -1.91. The van der Waals surface area contributed by atoms with Gasteiger partial charge in [-0.1, -0.05) is 140 Å². The number of hydrogen-bond donors (Lipinski definition) is 0. The van der Waals surface area contributed by atoms with E-state index in [1.54, 1.807) is 0 Å². The van der Waals surface area contributed by atoms with Crippen LogP contribution in [-0.4, -0.2) is 0 Å². The Labute approximate surface area is 292 Å². The normalized spacial score (nSPS) is 12.0. The van der Waals surface area contributed by atoms with Gasteiger partial charge in [0.25, 0.3) is 0 Å². The van der Waals surface area contributed by atoms with Crippen LogP contribution in [0.25, 0.3) is 108 Å². The summed E-state index contributed by atoms with van der Waals surface area (Å²) in [4.78, 5) is 0. The van der Waals surface area contributed by atoms with Gasteiger partial charge in [0.15, 0.2) is 0 Å².